The van der Waals surface area contributed by atoms with Crippen LogP contribution in [-0.2, 0) is 16.1 Å². The Labute approximate surface area is 106 Å². The molecular weight excluding hydrogens is 234 g/mol. The Balaban J connectivity index is 1.79. The van der Waals surface area contributed by atoms with Crippen LogP contribution >= 0.6 is 0 Å². The molecule has 0 spiro atoms. The maximum Gasteiger partial charge on any atom is 0.306 e. The third-order valence-corrected chi connectivity index (χ3v) is 3.21. The number of morpholine rings is 1. The van der Waals surface area contributed by atoms with E-state index >= 15 is 0 Å². The number of aryl methyl sites for hydroxylation is 1. The number of nitrogens with zero attached hydrogens (tertiary/aromatic N) is 3. The van der Waals surface area contributed by atoms with Gasteiger partial charge in [0.15, 0.2) is 0 Å². The Bertz CT molecular complexity index is 405. The van der Waals surface area contributed by atoms with E-state index < -0.39 is 5.97 Å². The van der Waals surface area contributed by atoms with Gasteiger partial charge in [-0.3, -0.25) is 9.69 Å². The maximum atomic E-state index is 10.7. The number of hydrogen-bond acceptors (Lipinski definition) is 4. The standard InChI is InChI=1S/C12H19N3O3/c1-10-13-2-3-15(10)5-4-14-6-7-18-11(9-14)8-12(16)17/h2-3,11H,4-9H2,1H3,(H,16,17). The van der Waals surface area contributed by atoms with Crippen molar-refractivity contribution in [1.29, 1.82) is 0 Å². The summed E-state index contributed by atoms with van der Waals surface area (Å²) in [5.41, 5.74) is 0. The molecule has 0 saturated carbocycles. The van der Waals surface area contributed by atoms with Crippen LogP contribution in [0, 0.1) is 6.92 Å². The zero-order chi connectivity index (χ0) is 13.0. The van der Waals surface area contributed by atoms with E-state index in [9.17, 15) is 4.79 Å². The van der Waals surface area contributed by atoms with Gasteiger partial charge in [-0.05, 0) is 6.92 Å². The lowest BCUT2D eigenvalue weighted by molar-refractivity contribution is -0.142. The highest BCUT2D eigenvalue weighted by molar-refractivity contribution is 5.67. The monoisotopic (exact) mass is 253 g/mol. The fraction of sp³-hybridized carbons (Fsp3) is 0.667. The second-order valence-corrected chi connectivity index (χ2v) is 4.56. The first-order chi connectivity index (χ1) is 8.65. The summed E-state index contributed by atoms with van der Waals surface area (Å²) < 4.78 is 7.54. The average molecular weight is 253 g/mol. The third kappa shape index (κ3) is 3.54. The van der Waals surface area contributed by atoms with Crippen LogP contribution in [0.1, 0.15) is 12.2 Å². The van der Waals surface area contributed by atoms with Crippen LogP contribution in [0.15, 0.2) is 12.4 Å². The lowest BCUT2D eigenvalue weighted by Crippen LogP contribution is -2.44. The molecule has 0 amide bonds. The highest BCUT2D eigenvalue weighted by Gasteiger charge is 2.22. The topological polar surface area (TPSA) is 67.6 Å². The molecule has 1 fully saturated rings. The van der Waals surface area contributed by atoms with E-state index in [4.69, 9.17) is 9.84 Å². The lowest BCUT2D eigenvalue weighted by atomic mass is 10.2. The van der Waals surface area contributed by atoms with Gasteiger partial charge in [0.1, 0.15) is 5.82 Å². The predicted octanol–water partition coefficient (Wildman–Crippen LogP) is 0.367. The molecule has 2 heterocycles. The van der Waals surface area contributed by atoms with Crippen LogP contribution in [0.4, 0.5) is 0 Å². The van der Waals surface area contributed by atoms with Crippen molar-refractivity contribution in [2.75, 3.05) is 26.2 Å². The van der Waals surface area contributed by atoms with Gasteiger partial charge in [0.2, 0.25) is 0 Å². The number of carboxylic acid groups (broad SMARTS) is 1. The fourth-order valence-corrected chi connectivity index (χ4v) is 2.19. The molecule has 1 unspecified atom stereocenters. The SMILES string of the molecule is Cc1nccn1CCN1CCOC(CC(=O)O)C1. The van der Waals surface area contributed by atoms with Crippen LogP contribution in [0.5, 0.6) is 0 Å². The Hall–Kier alpha value is -1.40. The molecule has 6 heteroatoms. The summed E-state index contributed by atoms with van der Waals surface area (Å²) in [5.74, 6) is 0.206. The molecule has 0 aliphatic carbocycles. The van der Waals surface area contributed by atoms with Crippen molar-refractivity contribution >= 4 is 5.97 Å². The van der Waals surface area contributed by atoms with E-state index in [0.717, 1.165) is 25.5 Å². The van der Waals surface area contributed by atoms with Crippen LogP contribution in [0.2, 0.25) is 0 Å². The van der Waals surface area contributed by atoms with Gasteiger partial charge in [-0.15, -0.1) is 0 Å². The molecule has 100 valence electrons. The van der Waals surface area contributed by atoms with E-state index in [1.54, 1.807) is 6.20 Å². The average Bonchev–Trinajstić information content (AvgIpc) is 2.72. The van der Waals surface area contributed by atoms with Crippen molar-refractivity contribution < 1.29 is 14.6 Å². The predicted molar refractivity (Wildman–Crippen MR) is 65.4 cm³/mol. The van der Waals surface area contributed by atoms with E-state index in [1.807, 2.05) is 13.1 Å². The number of aliphatic carboxylic acids is 1. The number of carbonyl (C=O) groups is 1. The first kappa shape index (κ1) is 13.0. The maximum absolute atomic E-state index is 10.7. The van der Waals surface area contributed by atoms with Gasteiger partial charge in [0.25, 0.3) is 0 Å². The van der Waals surface area contributed by atoms with Gasteiger partial charge in [0, 0.05) is 38.6 Å². The molecule has 1 saturated heterocycles. The van der Waals surface area contributed by atoms with Gasteiger partial charge < -0.3 is 14.4 Å². The zero-order valence-corrected chi connectivity index (χ0v) is 10.6. The molecule has 1 aliphatic heterocycles. The number of aromatic nitrogens is 2. The summed E-state index contributed by atoms with van der Waals surface area (Å²) in [4.78, 5) is 17.1. The van der Waals surface area contributed by atoms with Gasteiger partial charge in [-0.25, -0.2) is 4.98 Å². The van der Waals surface area contributed by atoms with Crippen molar-refractivity contribution in [1.82, 2.24) is 14.5 Å². The summed E-state index contributed by atoms with van der Waals surface area (Å²) in [7, 11) is 0. The Kier molecular flexibility index (Phi) is 4.33. The highest BCUT2D eigenvalue weighted by atomic mass is 16.5. The summed E-state index contributed by atoms with van der Waals surface area (Å²) >= 11 is 0. The fourth-order valence-electron chi connectivity index (χ4n) is 2.19. The minimum Gasteiger partial charge on any atom is -0.481 e. The number of carboxylic acids is 1. The minimum atomic E-state index is -0.799. The smallest absolute Gasteiger partial charge is 0.306 e. The van der Waals surface area contributed by atoms with E-state index in [-0.39, 0.29) is 12.5 Å². The number of hydrogen-bond donors (Lipinski definition) is 1. The molecule has 1 aliphatic rings. The molecule has 1 aromatic rings. The van der Waals surface area contributed by atoms with Crippen LogP contribution in [0.25, 0.3) is 0 Å². The molecule has 18 heavy (non-hydrogen) atoms. The second-order valence-electron chi connectivity index (χ2n) is 4.56. The van der Waals surface area contributed by atoms with Crippen molar-refractivity contribution in [2.45, 2.75) is 26.0 Å². The van der Waals surface area contributed by atoms with E-state index in [0.29, 0.717) is 13.2 Å². The molecule has 0 radical (unpaired) electrons. The quantitative estimate of drug-likeness (QED) is 0.821. The van der Waals surface area contributed by atoms with Gasteiger partial charge in [-0.1, -0.05) is 0 Å². The van der Waals surface area contributed by atoms with Gasteiger partial charge in [0.05, 0.1) is 19.1 Å². The molecule has 6 nitrogen and oxygen atoms in total. The van der Waals surface area contributed by atoms with Crippen molar-refractivity contribution in [3.05, 3.63) is 18.2 Å². The highest BCUT2D eigenvalue weighted by Crippen LogP contribution is 2.09. The van der Waals surface area contributed by atoms with Crippen LogP contribution < -0.4 is 0 Å². The molecule has 2 rings (SSSR count). The minimum absolute atomic E-state index is 0.0839. The van der Waals surface area contributed by atoms with E-state index in [1.165, 1.54) is 0 Å². The molecule has 1 N–H and O–H groups in total. The summed E-state index contributed by atoms with van der Waals surface area (Å²) in [6, 6.07) is 0. The third-order valence-electron chi connectivity index (χ3n) is 3.21. The Morgan fingerprint density at radius 3 is 3.11 bits per heavy atom. The summed E-state index contributed by atoms with van der Waals surface area (Å²) in [5, 5.41) is 8.76. The first-order valence-electron chi connectivity index (χ1n) is 6.18. The second kappa shape index (κ2) is 5.97. The molecule has 1 aromatic heterocycles. The Morgan fingerprint density at radius 1 is 1.61 bits per heavy atom. The largest absolute Gasteiger partial charge is 0.481 e. The van der Waals surface area contributed by atoms with Crippen molar-refractivity contribution in [3.8, 4) is 0 Å². The normalized spacial score (nSPS) is 21.1. The molecular formula is C12H19N3O3. The zero-order valence-electron chi connectivity index (χ0n) is 10.6. The van der Waals surface area contributed by atoms with Crippen molar-refractivity contribution in [3.63, 3.8) is 0 Å². The molecule has 1 atom stereocenters. The van der Waals surface area contributed by atoms with Gasteiger partial charge in [-0.2, -0.15) is 0 Å². The first-order valence-corrected chi connectivity index (χ1v) is 6.18. The van der Waals surface area contributed by atoms with Gasteiger partial charge >= 0.3 is 5.97 Å². The molecule has 0 aromatic carbocycles. The number of rotatable bonds is 5. The van der Waals surface area contributed by atoms with Crippen LogP contribution in [-0.4, -0.2) is 57.9 Å². The summed E-state index contributed by atoms with van der Waals surface area (Å²) in [6.45, 7) is 5.93. The molecule has 0 bridgehead atoms. The Morgan fingerprint density at radius 2 is 2.44 bits per heavy atom. The lowest BCUT2D eigenvalue weighted by Gasteiger charge is -2.32. The van der Waals surface area contributed by atoms with Crippen molar-refractivity contribution in [2.24, 2.45) is 0 Å². The van der Waals surface area contributed by atoms with E-state index in [2.05, 4.69) is 14.5 Å². The number of ether oxygens (including phenoxy) is 1. The summed E-state index contributed by atoms with van der Waals surface area (Å²) in [6.07, 6.45) is 3.66. The number of imidazole rings is 1. The van der Waals surface area contributed by atoms with Crippen LogP contribution in [0.3, 0.4) is 0 Å².